The van der Waals surface area contributed by atoms with Crippen LogP contribution in [0.3, 0.4) is 0 Å². The second-order valence-corrected chi connectivity index (χ2v) is 6.03. The van der Waals surface area contributed by atoms with Crippen LogP contribution in [0.5, 0.6) is 0 Å². The maximum atomic E-state index is 12.4. The number of amides is 1. The molecule has 0 spiro atoms. The molecule has 1 amide bonds. The Hall–Kier alpha value is -0.0900. The van der Waals surface area contributed by atoms with Crippen LogP contribution in [0, 0.1) is 5.92 Å². The smallest absolute Gasteiger partial charge is 0.228 e. The summed E-state index contributed by atoms with van der Waals surface area (Å²) in [5.41, 5.74) is 0. The van der Waals surface area contributed by atoms with Crippen LogP contribution in [0.1, 0.15) is 39.0 Å². The Balaban J connectivity index is 1.89. The van der Waals surface area contributed by atoms with Crippen LogP contribution < -0.4 is 0 Å². The molecule has 2 aliphatic heterocycles. The number of likely N-dealkylation sites (tertiary alicyclic amines) is 1. The van der Waals surface area contributed by atoms with Crippen molar-refractivity contribution in [2.45, 2.75) is 51.2 Å². The molecule has 2 rings (SSSR count). The van der Waals surface area contributed by atoms with Crippen molar-refractivity contribution in [2.75, 3.05) is 18.5 Å². The lowest BCUT2D eigenvalue weighted by Gasteiger charge is -2.27. The van der Waals surface area contributed by atoms with Gasteiger partial charge in [-0.1, -0.05) is 15.9 Å². The van der Waals surface area contributed by atoms with Crippen molar-refractivity contribution in [3.8, 4) is 0 Å². The van der Waals surface area contributed by atoms with E-state index in [2.05, 4.69) is 27.8 Å². The summed E-state index contributed by atoms with van der Waals surface area (Å²) in [6.07, 6.45) is 5.81. The average Bonchev–Trinajstić information content (AvgIpc) is 2.94. The number of halogens is 1. The highest BCUT2D eigenvalue weighted by Crippen LogP contribution is 2.27. The first kappa shape index (κ1) is 13.3. The summed E-state index contributed by atoms with van der Waals surface area (Å²) >= 11 is 3.46. The molecule has 3 nitrogen and oxygen atoms in total. The van der Waals surface area contributed by atoms with E-state index < -0.39 is 0 Å². The molecule has 0 aromatic carbocycles. The van der Waals surface area contributed by atoms with Crippen molar-refractivity contribution in [3.05, 3.63) is 0 Å². The zero-order valence-electron chi connectivity index (χ0n) is 10.5. The largest absolute Gasteiger partial charge is 0.378 e. The van der Waals surface area contributed by atoms with Gasteiger partial charge in [-0.05, 0) is 39.0 Å². The van der Waals surface area contributed by atoms with Crippen LogP contribution in [-0.4, -0.2) is 41.4 Å². The molecule has 0 saturated carbocycles. The second kappa shape index (κ2) is 6.19. The number of alkyl halides is 1. The molecule has 0 aliphatic carbocycles. The highest BCUT2D eigenvalue weighted by atomic mass is 79.9. The molecule has 0 bridgehead atoms. The SMILES string of the molecule is CC1CC(C(=O)N2CCCC2CCCBr)CO1. The van der Waals surface area contributed by atoms with Crippen molar-refractivity contribution < 1.29 is 9.53 Å². The van der Waals surface area contributed by atoms with Crippen molar-refractivity contribution in [3.63, 3.8) is 0 Å². The Kier molecular flexibility index (Phi) is 4.86. The van der Waals surface area contributed by atoms with Gasteiger partial charge in [0.05, 0.1) is 18.6 Å². The first-order valence-electron chi connectivity index (χ1n) is 6.70. The number of ether oxygens (including phenoxy) is 1. The summed E-state index contributed by atoms with van der Waals surface area (Å²) in [5.74, 6) is 0.459. The molecule has 98 valence electrons. The lowest BCUT2D eigenvalue weighted by Crippen LogP contribution is -2.40. The van der Waals surface area contributed by atoms with Gasteiger partial charge in [-0.2, -0.15) is 0 Å². The molecule has 2 aliphatic rings. The van der Waals surface area contributed by atoms with Gasteiger partial charge in [0.25, 0.3) is 0 Å². The third-order valence-electron chi connectivity index (χ3n) is 3.88. The Morgan fingerprint density at radius 3 is 3.00 bits per heavy atom. The van der Waals surface area contributed by atoms with E-state index in [0.29, 0.717) is 18.6 Å². The van der Waals surface area contributed by atoms with Gasteiger partial charge < -0.3 is 9.64 Å². The zero-order valence-corrected chi connectivity index (χ0v) is 12.1. The van der Waals surface area contributed by atoms with Gasteiger partial charge in [0.1, 0.15) is 0 Å². The van der Waals surface area contributed by atoms with E-state index in [1.54, 1.807) is 0 Å². The highest BCUT2D eigenvalue weighted by Gasteiger charge is 2.36. The molecule has 0 radical (unpaired) electrons. The number of carbonyl (C=O) groups is 1. The van der Waals surface area contributed by atoms with Gasteiger partial charge in [-0.3, -0.25) is 4.79 Å². The van der Waals surface area contributed by atoms with Gasteiger partial charge in [0, 0.05) is 17.9 Å². The molecule has 0 N–H and O–H groups in total. The monoisotopic (exact) mass is 303 g/mol. The van der Waals surface area contributed by atoms with E-state index in [4.69, 9.17) is 4.74 Å². The number of hydrogen-bond donors (Lipinski definition) is 0. The third-order valence-corrected chi connectivity index (χ3v) is 4.44. The van der Waals surface area contributed by atoms with Gasteiger partial charge in [-0.25, -0.2) is 0 Å². The molecule has 17 heavy (non-hydrogen) atoms. The van der Waals surface area contributed by atoms with Crippen LogP contribution in [0.25, 0.3) is 0 Å². The topological polar surface area (TPSA) is 29.5 Å². The minimum Gasteiger partial charge on any atom is -0.378 e. The normalized spacial score (nSPS) is 33.3. The Bertz CT molecular complexity index is 272. The first-order valence-corrected chi connectivity index (χ1v) is 7.82. The number of hydrogen-bond acceptors (Lipinski definition) is 2. The predicted molar refractivity (Wildman–Crippen MR) is 71.3 cm³/mol. The summed E-state index contributed by atoms with van der Waals surface area (Å²) in [4.78, 5) is 14.5. The first-order chi connectivity index (χ1) is 8.22. The number of carbonyl (C=O) groups excluding carboxylic acids is 1. The molecular weight excluding hydrogens is 282 g/mol. The summed E-state index contributed by atoms with van der Waals surface area (Å²) in [7, 11) is 0. The Labute approximate surface area is 112 Å². The predicted octanol–water partition coefficient (Wildman–Crippen LogP) is 2.58. The summed E-state index contributed by atoms with van der Waals surface area (Å²) < 4.78 is 5.51. The van der Waals surface area contributed by atoms with Crippen molar-refractivity contribution in [1.29, 1.82) is 0 Å². The van der Waals surface area contributed by atoms with Crippen molar-refractivity contribution in [1.82, 2.24) is 4.90 Å². The molecule has 2 heterocycles. The number of nitrogens with zero attached hydrogens (tertiary/aromatic N) is 1. The van der Waals surface area contributed by atoms with E-state index in [9.17, 15) is 4.79 Å². The quantitative estimate of drug-likeness (QED) is 0.747. The standard InChI is InChI=1S/C13H22BrNO2/c1-10-8-11(9-17-10)13(16)15-7-3-5-12(15)4-2-6-14/h10-12H,2-9H2,1H3. The Morgan fingerprint density at radius 2 is 2.35 bits per heavy atom. The Morgan fingerprint density at radius 1 is 1.53 bits per heavy atom. The van der Waals surface area contributed by atoms with Gasteiger partial charge >= 0.3 is 0 Å². The minimum absolute atomic E-state index is 0.120. The maximum absolute atomic E-state index is 12.4. The molecule has 3 unspecified atom stereocenters. The van der Waals surface area contributed by atoms with E-state index in [1.807, 2.05) is 0 Å². The van der Waals surface area contributed by atoms with Crippen LogP contribution in [0.4, 0.5) is 0 Å². The van der Waals surface area contributed by atoms with E-state index in [1.165, 1.54) is 12.8 Å². The zero-order chi connectivity index (χ0) is 12.3. The molecule has 4 heteroatoms. The van der Waals surface area contributed by atoms with E-state index in [-0.39, 0.29) is 12.0 Å². The van der Waals surface area contributed by atoms with E-state index >= 15 is 0 Å². The summed E-state index contributed by atoms with van der Waals surface area (Å²) in [5, 5.41) is 1.04. The third kappa shape index (κ3) is 3.22. The molecule has 3 atom stereocenters. The van der Waals surface area contributed by atoms with Crippen LogP contribution in [0.2, 0.25) is 0 Å². The van der Waals surface area contributed by atoms with Crippen LogP contribution >= 0.6 is 15.9 Å². The highest BCUT2D eigenvalue weighted by molar-refractivity contribution is 9.09. The average molecular weight is 304 g/mol. The summed E-state index contributed by atoms with van der Waals surface area (Å²) in [6, 6.07) is 0.482. The lowest BCUT2D eigenvalue weighted by molar-refractivity contribution is -0.136. The molecule has 0 aromatic rings. The fourth-order valence-corrected chi connectivity index (χ4v) is 3.29. The fourth-order valence-electron chi connectivity index (χ4n) is 2.96. The molecular formula is C13H22BrNO2. The van der Waals surface area contributed by atoms with Gasteiger partial charge in [0.2, 0.25) is 5.91 Å². The molecule has 2 saturated heterocycles. The fraction of sp³-hybridized carbons (Fsp3) is 0.923. The minimum atomic E-state index is 0.120. The van der Waals surface area contributed by atoms with Crippen LogP contribution in [0.15, 0.2) is 0 Å². The second-order valence-electron chi connectivity index (χ2n) is 5.24. The van der Waals surface area contributed by atoms with Crippen molar-refractivity contribution >= 4 is 21.8 Å². The summed E-state index contributed by atoms with van der Waals surface area (Å²) in [6.45, 7) is 3.64. The van der Waals surface area contributed by atoms with E-state index in [0.717, 1.165) is 31.1 Å². The number of rotatable bonds is 4. The van der Waals surface area contributed by atoms with Crippen molar-refractivity contribution in [2.24, 2.45) is 5.92 Å². The lowest BCUT2D eigenvalue weighted by atomic mass is 10.0. The maximum Gasteiger partial charge on any atom is 0.228 e. The van der Waals surface area contributed by atoms with Gasteiger partial charge in [-0.15, -0.1) is 0 Å². The molecule has 0 aromatic heterocycles. The van der Waals surface area contributed by atoms with Crippen LogP contribution in [-0.2, 0) is 9.53 Å². The van der Waals surface area contributed by atoms with Gasteiger partial charge in [0.15, 0.2) is 0 Å². The molecule has 2 fully saturated rings.